The van der Waals surface area contributed by atoms with Gasteiger partial charge in [0.1, 0.15) is 5.82 Å². The maximum absolute atomic E-state index is 12.9. The summed E-state index contributed by atoms with van der Waals surface area (Å²) in [6, 6.07) is 3.30. The molecule has 0 spiro atoms. The van der Waals surface area contributed by atoms with Crippen molar-refractivity contribution in [2.75, 3.05) is 0 Å². The summed E-state index contributed by atoms with van der Waals surface area (Å²) in [6.07, 6.45) is 2.10. The van der Waals surface area contributed by atoms with Gasteiger partial charge in [0.15, 0.2) is 0 Å². The molecular weight excluding hydrogens is 265 g/mol. The molecule has 1 aromatic rings. The minimum Gasteiger partial charge on any atom is -0.208 e. The van der Waals surface area contributed by atoms with Gasteiger partial charge in [0, 0.05) is 6.04 Å². The zero-order valence-corrected chi connectivity index (χ0v) is 10.9. The molecule has 0 radical (unpaired) electrons. The Kier molecular flexibility index (Phi) is 3.43. The number of halogens is 2. The van der Waals surface area contributed by atoms with E-state index in [4.69, 9.17) is 11.6 Å². The summed E-state index contributed by atoms with van der Waals surface area (Å²) in [5.74, 6) is -0.207. The summed E-state index contributed by atoms with van der Waals surface area (Å²) >= 11 is 5.56. The molecule has 3 nitrogen and oxygen atoms in total. The van der Waals surface area contributed by atoms with Gasteiger partial charge in [0.05, 0.1) is 9.92 Å². The number of sulfonamides is 1. The normalized spacial score (nSPS) is 18.1. The molecule has 1 aliphatic carbocycles. The first-order valence-electron chi connectivity index (χ1n) is 5.37. The van der Waals surface area contributed by atoms with Gasteiger partial charge in [-0.25, -0.2) is 17.5 Å². The van der Waals surface area contributed by atoms with Gasteiger partial charge in [-0.2, -0.15) is 0 Å². The molecule has 1 atom stereocenters. The third kappa shape index (κ3) is 2.97. The van der Waals surface area contributed by atoms with Crippen LogP contribution in [0.5, 0.6) is 0 Å². The maximum atomic E-state index is 12.9. The van der Waals surface area contributed by atoms with Crippen molar-refractivity contribution in [2.45, 2.75) is 30.7 Å². The fourth-order valence-electron chi connectivity index (χ4n) is 1.65. The van der Waals surface area contributed by atoms with E-state index in [1.54, 1.807) is 0 Å². The Labute approximate surface area is 105 Å². The van der Waals surface area contributed by atoms with Crippen LogP contribution in [0.1, 0.15) is 19.8 Å². The first kappa shape index (κ1) is 12.8. The Balaban J connectivity index is 2.21. The lowest BCUT2D eigenvalue weighted by atomic mass is 10.2. The Morgan fingerprint density at radius 1 is 1.47 bits per heavy atom. The molecule has 0 aromatic heterocycles. The number of rotatable bonds is 4. The molecular formula is C11H13ClFNO2S. The van der Waals surface area contributed by atoms with E-state index < -0.39 is 15.8 Å². The lowest BCUT2D eigenvalue weighted by molar-refractivity contribution is 0.538. The van der Waals surface area contributed by atoms with Crippen LogP contribution < -0.4 is 4.72 Å². The molecule has 94 valence electrons. The topological polar surface area (TPSA) is 46.2 Å². The van der Waals surface area contributed by atoms with Crippen LogP contribution in [0.4, 0.5) is 4.39 Å². The fourth-order valence-corrected chi connectivity index (χ4v) is 3.23. The van der Waals surface area contributed by atoms with Gasteiger partial charge >= 0.3 is 0 Å². The number of nitrogens with one attached hydrogen (secondary N) is 1. The molecule has 1 aromatic carbocycles. The van der Waals surface area contributed by atoms with E-state index in [-0.39, 0.29) is 16.0 Å². The van der Waals surface area contributed by atoms with E-state index >= 15 is 0 Å². The van der Waals surface area contributed by atoms with E-state index in [9.17, 15) is 12.8 Å². The van der Waals surface area contributed by atoms with E-state index in [1.165, 1.54) is 6.07 Å². The van der Waals surface area contributed by atoms with Crippen LogP contribution in [0.3, 0.4) is 0 Å². The molecule has 0 aliphatic heterocycles. The summed E-state index contributed by atoms with van der Waals surface area (Å²) in [7, 11) is -3.60. The van der Waals surface area contributed by atoms with Gasteiger partial charge in [-0.05, 0) is 43.9 Å². The van der Waals surface area contributed by atoms with Crippen LogP contribution in [0.15, 0.2) is 23.1 Å². The van der Waals surface area contributed by atoms with E-state index in [0.717, 1.165) is 25.0 Å². The highest BCUT2D eigenvalue weighted by atomic mass is 35.5. The third-order valence-corrected chi connectivity index (χ3v) is 4.72. The minimum atomic E-state index is -3.60. The van der Waals surface area contributed by atoms with Crippen molar-refractivity contribution in [3.63, 3.8) is 0 Å². The lowest BCUT2D eigenvalue weighted by Crippen LogP contribution is -2.34. The second-order valence-electron chi connectivity index (χ2n) is 4.32. The van der Waals surface area contributed by atoms with Crippen molar-refractivity contribution in [2.24, 2.45) is 5.92 Å². The summed E-state index contributed by atoms with van der Waals surface area (Å²) in [5.41, 5.74) is 0. The molecule has 1 saturated carbocycles. The molecule has 0 heterocycles. The van der Waals surface area contributed by atoms with E-state index in [1.807, 2.05) is 6.92 Å². The SMILES string of the molecule is C[C@@H](NS(=O)(=O)c1ccc(F)c(Cl)c1)C1CC1. The average molecular weight is 278 g/mol. The second-order valence-corrected chi connectivity index (χ2v) is 6.44. The summed E-state index contributed by atoms with van der Waals surface area (Å²) in [5, 5.41) is -0.188. The Morgan fingerprint density at radius 2 is 2.12 bits per heavy atom. The fraction of sp³-hybridized carbons (Fsp3) is 0.455. The van der Waals surface area contributed by atoms with Crippen molar-refractivity contribution < 1.29 is 12.8 Å². The van der Waals surface area contributed by atoms with Crippen molar-refractivity contribution in [1.82, 2.24) is 4.72 Å². The van der Waals surface area contributed by atoms with Gasteiger partial charge < -0.3 is 0 Å². The van der Waals surface area contributed by atoms with Crippen LogP contribution >= 0.6 is 11.6 Å². The zero-order chi connectivity index (χ0) is 12.6. The van der Waals surface area contributed by atoms with E-state index in [0.29, 0.717) is 5.92 Å². The molecule has 1 N–H and O–H groups in total. The Hall–Kier alpha value is -0.650. The van der Waals surface area contributed by atoms with Crippen molar-refractivity contribution in [3.8, 4) is 0 Å². The number of hydrogen-bond acceptors (Lipinski definition) is 2. The molecule has 0 amide bonds. The second kappa shape index (κ2) is 4.55. The molecule has 0 bridgehead atoms. The summed E-state index contributed by atoms with van der Waals surface area (Å²) in [6.45, 7) is 1.83. The standard InChI is InChI=1S/C11H13ClFNO2S/c1-7(8-2-3-8)14-17(15,16)9-4-5-11(13)10(12)6-9/h4-8,14H,2-3H2,1H3/t7-/m1/s1. The summed E-state index contributed by atoms with van der Waals surface area (Å²) < 4.78 is 39.4. The highest BCUT2D eigenvalue weighted by Crippen LogP contribution is 2.33. The molecule has 17 heavy (non-hydrogen) atoms. The maximum Gasteiger partial charge on any atom is 0.240 e. The predicted molar refractivity (Wildman–Crippen MR) is 63.9 cm³/mol. The van der Waals surface area contributed by atoms with Gasteiger partial charge in [0.2, 0.25) is 10.0 Å². The monoisotopic (exact) mass is 277 g/mol. The highest BCUT2D eigenvalue weighted by Gasteiger charge is 2.31. The highest BCUT2D eigenvalue weighted by molar-refractivity contribution is 7.89. The summed E-state index contributed by atoms with van der Waals surface area (Å²) in [4.78, 5) is -0.00333. The minimum absolute atomic E-state index is 0.00333. The quantitative estimate of drug-likeness (QED) is 0.919. The Morgan fingerprint density at radius 3 is 2.65 bits per heavy atom. The first-order chi connectivity index (χ1) is 7.90. The Bertz CT molecular complexity index is 528. The third-order valence-electron chi connectivity index (χ3n) is 2.87. The van der Waals surface area contributed by atoms with Crippen molar-refractivity contribution in [3.05, 3.63) is 29.0 Å². The average Bonchev–Trinajstić information content (AvgIpc) is 3.04. The van der Waals surface area contributed by atoms with Gasteiger partial charge in [-0.15, -0.1) is 0 Å². The smallest absolute Gasteiger partial charge is 0.208 e. The largest absolute Gasteiger partial charge is 0.240 e. The van der Waals surface area contributed by atoms with Gasteiger partial charge in [-0.1, -0.05) is 11.6 Å². The predicted octanol–water partition coefficient (Wildman–Crippen LogP) is 2.56. The zero-order valence-electron chi connectivity index (χ0n) is 9.28. The molecule has 1 fully saturated rings. The molecule has 2 rings (SSSR count). The first-order valence-corrected chi connectivity index (χ1v) is 7.23. The lowest BCUT2D eigenvalue weighted by Gasteiger charge is -2.13. The van der Waals surface area contributed by atoms with Crippen LogP contribution in [-0.4, -0.2) is 14.5 Å². The molecule has 1 aliphatic rings. The molecule has 0 unspecified atom stereocenters. The van der Waals surface area contributed by atoms with Crippen LogP contribution in [0, 0.1) is 11.7 Å². The van der Waals surface area contributed by atoms with Crippen LogP contribution in [-0.2, 0) is 10.0 Å². The number of benzene rings is 1. The number of hydrogen-bond donors (Lipinski definition) is 1. The molecule has 6 heteroatoms. The van der Waals surface area contributed by atoms with Crippen LogP contribution in [0.2, 0.25) is 5.02 Å². The van der Waals surface area contributed by atoms with Gasteiger partial charge in [0.25, 0.3) is 0 Å². The van der Waals surface area contributed by atoms with Gasteiger partial charge in [-0.3, -0.25) is 0 Å². The molecule has 0 saturated heterocycles. The van der Waals surface area contributed by atoms with Crippen LogP contribution in [0.25, 0.3) is 0 Å². The van der Waals surface area contributed by atoms with Crippen molar-refractivity contribution in [1.29, 1.82) is 0 Å². The van der Waals surface area contributed by atoms with Crippen molar-refractivity contribution >= 4 is 21.6 Å². The van der Waals surface area contributed by atoms with E-state index in [2.05, 4.69) is 4.72 Å².